The number of carboxylic acid groups (broad SMARTS) is 2. The molecule has 18 heteroatoms. The molecular weight excluding hydrogens is 600 g/mol. The summed E-state index contributed by atoms with van der Waals surface area (Å²) in [5, 5.41) is 53.8. The molecule has 0 saturated heterocycles. The van der Waals surface area contributed by atoms with Gasteiger partial charge in [0.1, 0.15) is 32.5 Å². The van der Waals surface area contributed by atoms with E-state index in [1.807, 2.05) is 0 Å². The monoisotopic (exact) mass is 616 g/mol. The van der Waals surface area contributed by atoms with E-state index in [-0.39, 0.29) is 22.5 Å². The van der Waals surface area contributed by atoms with Crippen molar-refractivity contribution in [1.29, 1.82) is 0 Å². The average molecular weight is 617 g/mol. The Labute approximate surface area is 235 Å². The molecule has 0 heterocycles. The molecule has 0 aliphatic carbocycles. The van der Waals surface area contributed by atoms with Gasteiger partial charge in [-0.05, 0) is 41.8 Å². The van der Waals surface area contributed by atoms with E-state index < -0.39 is 75.6 Å². The Morgan fingerprint density at radius 1 is 0.595 bits per heavy atom. The highest BCUT2D eigenvalue weighted by Crippen LogP contribution is 2.50. The quantitative estimate of drug-likeness (QED) is 0.113. The molecule has 0 amide bonds. The summed E-state index contributed by atoms with van der Waals surface area (Å²) in [5.41, 5.74) is -3.27. The lowest BCUT2D eigenvalue weighted by Crippen LogP contribution is -2.02. The van der Waals surface area contributed by atoms with Crippen LogP contribution in [-0.2, 0) is 20.2 Å². The van der Waals surface area contributed by atoms with Crippen LogP contribution in [0.25, 0.3) is 10.8 Å². The Morgan fingerprint density at radius 2 is 0.952 bits per heavy atom. The molecule has 0 atom stereocenters. The van der Waals surface area contributed by atoms with Gasteiger partial charge in [0.2, 0.25) is 0 Å². The van der Waals surface area contributed by atoms with Crippen molar-refractivity contribution in [2.24, 2.45) is 20.5 Å². The van der Waals surface area contributed by atoms with Gasteiger partial charge in [0.05, 0.1) is 16.5 Å². The van der Waals surface area contributed by atoms with Gasteiger partial charge in [-0.15, -0.1) is 20.5 Å². The Hall–Kier alpha value is -5.30. The predicted octanol–water partition coefficient (Wildman–Crippen LogP) is 4.97. The highest BCUT2D eigenvalue weighted by atomic mass is 32.2. The summed E-state index contributed by atoms with van der Waals surface area (Å²) in [5.74, 6) is -5.20. The number of azo groups is 2. The highest BCUT2D eigenvalue weighted by Gasteiger charge is 2.29. The minimum absolute atomic E-state index is 0.289. The third-order valence-corrected chi connectivity index (χ3v) is 7.33. The smallest absolute Gasteiger partial charge is 0.337 e. The number of carboxylic acids is 2. The molecule has 0 fully saturated rings. The maximum absolute atomic E-state index is 12.2. The number of benzene rings is 4. The molecule has 0 aliphatic rings. The minimum atomic E-state index is -5.23. The van der Waals surface area contributed by atoms with Gasteiger partial charge in [-0.1, -0.05) is 24.3 Å². The van der Waals surface area contributed by atoms with Crippen LogP contribution >= 0.6 is 0 Å². The molecule has 0 saturated carbocycles. The summed E-state index contributed by atoms with van der Waals surface area (Å²) >= 11 is 0. The van der Waals surface area contributed by atoms with Crippen molar-refractivity contribution in [1.82, 2.24) is 0 Å². The van der Waals surface area contributed by atoms with E-state index in [4.69, 9.17) is 0 Å². The summed E-state index contributed by atoms with van der Waals surface area (Å²) in [4.78, 5) is 20.7. The van der Waals surface area contributed by atoms with Gasteiger partial charge in [0.25, 0.3) is 20.2 Å². The normalized spacial score (nSPS) is 12.3. The number of carbonyl (C=O) groups is 2. The number of hydrogen-bond acceptors (Lipinski definition) is 12. The number of fused-ring (bicyclic) bond motifs is 1. The molecule has 16 nitrogen and oxygen atoms in total. The molecule has 216 valence electrons. The molecule has 0 spiro atoms. The summed E-state index contributed by atoms with van der Waals surface area (Å²) < 4.78 is 68.2. The zero-order chi connectivity index (χ0) is 31.0. The number of phenolic OH excluding ortho intramolecular Hbond substituents is 2. The third kappa shape index (κ3) is 5.76. The van der Waals surface area contributed by atoms with Crippen molar-refractivity contribution in [3.63, 3.8) is 0 Å². The van der Waals surface area contributed by atoms with E-state index in [0.717, 1.165) is 12.1 Å². The van der Waals surface area contributed by atoms with Crippen LogP contribution in [0.3, 0.4) is 0 Å². The number of phenols is 2. The van der Waals surface area contributed by atoms with Gasteiger partial charge in [0.15, 0.2) is 11.5 Å². The second-order valence-corrected chi connectivity index (χ2v) is 11.0. The van der Waals surface area contributed by atoms with E-state index in [0.29, 0.717) is 12.1 Å². The SMILES string of the molecule is O=C(O)c1ccccc1N=Nc1c(S(=O)(=O)O)cc2cc(S(=O)(=O)O)c(N=Nc3ccccc3C(=O)O)c(O)c2c1O. The van der Waals surface area contributed by atoms with E-state index in [2.05, 4.69) is 20.5 Å². The maximum atomic E-state index is 12.2. The fourth-order valence-electron chi connectivity index (χ4n) is 3.74. The van der Waals surface area contributed by atoms with E-state index in [1.54, 1.807) is 0 Å². The van der Waals surface area contributed by atoms with Crippen LogP contribution in [0, 0.1) is 0 Å². The second kappa shape index (κ2) is 10.9. The molecule has 4 aromatic carbocycles. The molecule has 0 bridgehead atoms. The van der Waals surface area contributed by atoms with Crippen molar-refractivity contribution in [2.75, 3.05) is 0 Å². The molecule has 0 aromatic heterocycles. The third-order valence-electron chi connectivity index (χ3n) is 5.59. The summed E-state index contributed by atoms with van der Waals surface area (Å²) in [6.45, 7) is 0. The van der Waals surface area contributed by atoms with Crippen molar-refractivity contribution >= 4 is 65.7 Å². The highest BCUT2D eigenvalue weighted by molar-refractivity contribution is 7.86. The van der Waals surface area contributed by atoms with Crippen LogP contribution in [0.15, 0.2) is 90.9 Å². The molecule has 4 rings (SSSR count). The maximum Gasteiger partial charge on any atom is 0.337 e. The first-order chi connectivity index (χ1) is 19.6. The fraction of sp³-hybridized carbons (Fsp3) is 0. The Morgan fingerprint density at radius 3 is 1.29 bits per heavy atom. The van der Waals surface area contributed by atoms with Gasteiger partial charge in [0, 0.05) is 0 Å². The summed E-state index contributed by atoms with van der Waals surface area (Å²) in [7, 11) is -10.5. The molecule has 0 aliphatic heterocycles. The van der Waals surface area contributed by atoms with Crippen LogP contribution < -0.4 is 0 Å². The number of aromatic carboxylic acids is 2. The zero-order valence-corrected chi connectivity index (χ0v) is 22.1. The van der Waals surface area contributed by atoms with Crippen LogP contribution in [-0.4, -0.2) is 58.3 Å². The topological polar surface area (TPSA) is 273 Å². The average Bonchev–Trinajstić information content (AvgIpc) is 2.90. The first-order valence-electron chi connectivity index (χ1n) is 11.1. The number of hydrogen-bond donors (Lipinski definition) is 6. The lowest BCUT2D eigenvalue weighted by molar-refractivity contribution is 0.0687. The lowest BCUT2D eigenvalue weighted by Gasteiger charge is -2.13. The number of rotatable bonds is 8. The van der Waals surface area contributed by atoms with Gasteiger partial charge in [-0.2, -0.15) is 16.8 Å². The Balaban J connectivity index is 2.05. The van der Waals surface area contributed by atoms with Gasteiger partial charge < -0.3 is 20.4 Å². The van der Waals surface area contributed by atoms with E-state index in [1.165, 1.54) is 36.4 Å². The molecular formula is C24H16N4O12S2. The first kappa shape index (κ1) is 29.7. The van der Waals surface area contributed by atoms with Crippen LogP contribution in [0.2, 0.25) is 0 Å². The largest absolute Gasteiger partial charge is 0.505 e. The van der Waals surface area contributed by atoms with E-state index in [9.17, 15) is 56.0 Å². The summed E-state index contributed by atoms with van der Waals surface area (Å²) in [6, 6.07) is 11.4. The van der Waals surface area contributed by atoms with Crippen molar-refractivity contribution in [2.45, 2.75) is 9.79 Å². The van der Waals surface area contributed by atoms with Gasteiger partial charge in [-0.3, -0.25) is 9.11 Å². The van der Waals surface area contributed by atoms with Crippen molar-refractivity contribution in [3.05, 3.63) is 71.8 Å². The Bertz CT molecular complexity index is 1930. The molecule has 6 N–H and O–H groups in total. The number of nitrogens with zero attached hydrogens (tertiary/aromatic N) is 4. The van der Waals surface area contributed by atoms with Crippen LogP contribution in [0.1, 0.15) is 20.7 Å². The minimum Gasteiger partial charge on any atom is -0.505 e. The standard InChI is InChI=1S/C24H16N4O12S2/c29-21-18-11(9-16(41(35,36)37)19(21)27-25-14-7-3-1-5-12(14)23(31)32)10-17(42(38,39)40)20(22(18)30)28-26-15-8-4-2-6-13(15)24(33)34/h1-10,29-30H,(H,31,32)(H,33,34)(H,35,36,37)(H,38,39,40). The first-order valence-corrected chi connectivity index (χ1v) is 14.0. The summed E-state index contributed by atoms with van der Waals surface area (Å²) in [6.07, 6.45) is 0. The molecule has 4 aromatic rings. The zero-order valence-electron chi connectivity index (χ0n) is 20.5. The molecule has 0 radical (unpaired) electrons. The second-order valence-electron chi connectivity index (χ2n) is 8.24. The Kier molecular flexibility index (Phi) is 7.73. The van der Waals surface area contributed by atoms with Crippen molar-refractivity contribution < 1.29 is 56.0 Å². The van der Waals surface area contributed by atoms with Crippen LogP contribution in [0.5, 0.6) is 11.5 Å². The van der Waals surface area contributed by atoms with E-state index >= 15 is 0 Å². The lowest BCUT2D eigenvalue weighted by atomic mass is 10.1. The van der Waals surface area contributed by atoms with Gasteiger partial charge >= 0.3 is 11.9 Å². The molecule has 0 unspecified atom stereocenters. The number of aromatic hydroxyl groups is 2. The van der Waals surface area contributed by atoms with Gasteiger partial charge in [-0.25, -0.2) is 9.59 Å². The predicted molar refractivity (Wildman–Crippen MR) is 142 cm³/mol. The van der Waals surface area contributed by atoms with Crippen molar-refractivity contribution in [3.8, 4) is 11.5 Å². The fourth-order valence-corrected chi connectivity index (χ4v) is 5.05. The van der Waals surface area contributed by atoms with Crippen LogP contribution in [0.4, 0.5) is 22.7 Å². The molecule has 42 heavy (non-hydrogen) atoms.